The summed E-state index contributed by atoms with van der Waals surface area (Å²) in [5, 5.41) is 3.15. The van der Waals surface area contributed by atoms with Gasteiger partial charge in [-0.15, -0.1) is 4.40 Å². The molecular weight excluding hydrogens is 342 g/mol. The number of hydrogen-bond acceptors (Lipinski definition) is 5. The van der Waals surface area contributed by atoms with Crippen molar-refractivity contribution in [3.05, 3.63) is 24.3 Å². The fourth-order valence-electron chi connectivity index (χ4n) is 3.69. The lowest BCUT2D eigenvalue weighted by Crippen LogP contribution is -2.47. The van der Waals surface area contributed by atoms with E-state index in [1.54, 1.807) is 29.2 Å². The molecule has 2 fully saturated rings. The third kappa shape index (κ3) is 3.16. The second-order valence-electron chi connectivity index (χ2n) is 6.70. The summed E-state index contributed by atoms with van der Waals surface area (Å²) in [6.45, 7) is 1.80. The molecule has 3 aliphatic heterocycles. The van der Waals surface area contributed by atoms with Crippen molar-refractivity contribution >= 4 is 27.5 Å². The molecular formula is C17H21N3O4S. The van der Waals surface area contributed by atoms with Crippen molar-refractivity contribution in [2.75, 3.05) is 25.0 Å². The number of nitrogens with zero attached hydrogens (tertiary/aromatic N) is 2. The first-order valence-electron chi connectivity index (χ1n) is 8.66. The number of carbonyl (C=O) groups excluding carboxylic acids is 1. The minimum atomic E-state index is -3.70. The molecule has 1 aromatic rings. The van der Waals surface area contributed by atoms with Crippen LogP contribution in [-0.4, -0.2) is 50.9 Å². The van der Waals surface area contributed by atoms with Crippen LogP contribution in [0, 0.1) is 5.92 Å². The zero-order valence-electron chi connectivity index (χ0n) is 13.8. The van der Waals surface area contributed by atoms with E-state index in [2.05, 4.69) is 9.71 Å². The van der Waals surface area contributed by atoms with Gasteiger partial charge in [0.2, 0.25) is 0 Å². The number of piperidine rings is 1. The first-order chi connectivity index (χ1) is 12.0. The van der Waals surface area contributed by atoms with Gasteiger partial charge < -0.3 is 15.0 Å². The van der Waals surface area contributed by atoms with E-state index in [0.29, 0.717) is 31.2 Å². The summed E-state index contributed by atoms with van der Waals surface area (Å²) in [6.07, 6.45) is 2.96. The number of amidine groups is 1. The van der Waals surface area contributed by atoms with Crippen LogP contribution in [0.3, 0.4) is 0 Å². The maximum Gasteiger partial charge on any atom is 0.286 e. The van der Waals surface area contributed by atoms with Gasteiger partial charge in [-0.3, -0.25) is 4.79 Å². The number of nitrogens with one attached hydrogen (secondary N) is 1. The molecule has 7 nitrogen and oxygen atoms in total. The number of fused-ring (bicyclic) bond motifs is 1. The maximum absolute atomic E-state index is 12.6. The Kier molecular flexibility index (Phi) is 4.24. The molecule has 0 aliphatic carbocycles. The number of rotatable bonds is 2. The molecule has 0 radical (unpaired) electrons. The number of hydrogen-bond donors (Lipinski definition) is 1. The average Bonchev–Trinajstić information content (AvgIpc) is 3.15. The summed E-state index contributed by atoms with van der Waals surface area (Å²) in [5.41, 5.74) is 0.551. The second-order valence-corrected chi connectivity index (χ2v) is 8.27. The standard InChI is InChI=1S/C17H21N3O4S/c21-17(14-7-4-10-24-14)20-9-3-5-12(11-20)16-18-13-6-1-2-8-15(13)25(22,23)19-16/h1-2,6,8,12,14H,3-5,7,9-11H2,(H,18,19)/t12-,14-/m0/s1. The fraction of sp³-hybridized carbons (Fsp3) is 0.529. The molecule has 3 heterocycles. The Morgan fingerprint density at radius 1 is 1.24 bits per heavy atom. The Hall–Kier alpha value is -1.93. The number of likely N-dealkylation sites (tertiary alicyclic amines) is 1. The van der Waals surface area contributed by atoms with Crippen LogP contribution in [0.25, 0.3) is 0 Å². The number of benzene rings is 1. The van der Waals surface area contributed by atoms with Gasteiger partial charge >= 0.3 is 0 Å². The van der Waals surface area contributed by atoms with E-state index in [1.807, 2.05) is 0 Å². The Balaban J connectivity index is 1.54. The van der Waals surface area contributed by atoms with E-state index < -0.39 is 10.0 Å². The van der Waals surface area contributed by atoms with E-state index in [4.69, 9.17) is 4.74 Å². The number of anilines is 1. The van der Waals surface area contributed by atoms with Gasteiger partial charge in [-0.25, -0.2) is 0 Å². The first kappa shape index (κ1) is 16.5. The lowest BCUT2D eigenvalue weighted by molar-refractivity contribution is -0.142. The normalized spacial score (nSPS) is 28.0. The fourth-order valence-corrected chi connectivity index (χ4v) is 4.89. The number of ether oxygens (including phenoxy) is 1. The van der Waals surface area contributed by atoms with Crippen molar-refractivity contribution in [1.82, 2.24) is 4.90 Å². The van der Waals surface area contributed by atoms with E-state index >= 15 is 0 Å². The molecule has 4 rings (SSSR count). The van der Waals surface area contributed by atoms with Crippen LogP contribution in [-0.2, 0) is 19.6 Å². The maximum atomic E-state index is 12.6. The van der Waals surface area contributed by atoms with Gasteiger partial charge in [-0.1, -0.05) is 12.1 Å². The molecule has 0 spiro atoms. The third-order valence-electron chi connectivity index (χ3n) is 4.97. The van der Waals surface area contributed by atoms with E-state index in [9.17, 15) is 13.2 Å². The summed E-state index contributed by atoms with van der Waals surface area (Å²) in [4.78, 5) is 14.6. The van der Waals surface area contributed by atoms with E-state index in [-0.39, 0.29) is 22.8 Å². The molecule has 25 heavy (non-hydrogen) atoms. The van der Waals surface area contributed by atoms with Gasteiger partial charge in [-0.2, -0.15) is 8.42 Å². The van der Waals surface area contributed by atoms with Crippen LogP contribution < -0.4 is 5.32 Å². The highest BCUT2D eigenvalue weighted by Gasteiger charge is 2.35. The molecule has 0 saturated carbocycles. The Labute approximate surface area is 147 Å². The van der Waals surface area contributed by atoms with Crippen LogP contribution in [0.1, 0.15) is 25.7 Å². The van der Waals surface area contributed by atoms with Crippen molar-refractivity contribution in [1.29, 1.82) is 0 Å². The van der Waals surface area contributed by atoms with Crippen LogP contribution in [0.2, 0.25) is 0 Å². The van der Waals surface area contributed by atoms with Crippen LogP contribution >= 0.6 is 0 Å². The highest BCUT2D eigenvalue weighted by Crippen LogP contribution is 2.30. The molecule has 8 heteroatoms. The Bertz CT molecular complexity index is 815. The van der Waals surface area contributed by atoms with Crippen molar-refractivity contribution in [3.8, 4) is 0 Å². The van der Waals surface area contributed by atoms with Gasteiger partial charge in [0.15, 0.2) is 0 Å². The summed E-state index contributed by atoms with van der Waals surface area (Å²) >= 11 is 0. The molecule has 3 aliphatic rings. The lowest BCUT2D eigenvalue weighted by Gasteiger charge is -2.35. The molecule has 134 valence electrons. The van der Waals surface area contributed by atoms with Crippen LogP contribution in [0.5, 0.6) is 0 Å². The largest absolute Gasteiger partial charge is 0.368 e. The van der Waals surface area contributed by atoms with Gasteiger partial charge in [0.1, 0.15) is 16.8 Å². The average molecular weight is 363 g/mol. The van der Waals surface area contributed by atoms with E-state index in [0.717, 1.165) is 25.7 Å². The Morgan fingerprint density at radius 2 is 2.08 bits per heavy atom. The molecule has 2 saturated heterocycles. The van der Waals surface area contributed by atoms with Crippen molar-refractivity contribution in [3.63, 3.8) is 0 Å². The molecule has 0 aromatic heterocycles. The minimum Gasteiger partial charge on any atom is -0.368 e. The van der Waals surface area contributed by atoms with Gasteiger partial charge in [0.05, 0.1) is 5.69 Å². The van der Waals surface area contributed by atoms with E-state index in [1.165, 1.54) is 0 Å². The minimum absolute atomic E-state index is 0.0156. The van der Waals surface area contributed by atoms with Crippen LogP contribution in [0.15, 0.2) is 33.6 Å². The molecule has 2 atom stereocenters. The van der Waals surface area contributed by atoms with Crippen LogP contribution in [0.4, 0.5) is 5.69 Å². The predicted octanol–water partition coefficient (Wildman–Crippen LogP) is 1.62. The first-order valence-corrected chi connectivity index (χ1v) is 10.1. The number of sulfonamides is 1. The highest BCUT2D eigenvalue weighted by atomic mass is 32.2. The highest BCUT2D eigenvalue weighted by molar-refractivity contribution is 7.90. The molecule has 0 bridgehead atoms. The monoisotopic (exact) mass is 363 g/mol. The summed E-state index contributed by atoms with van der Waals surface area (Å²) < 4.78 is 34.3. The van der Waals surface area contributed by atoms with Crippen molar-refractivity contribution in [2.45, 2.75) is 36.7 Å². The second kappa shape index (κ2) is 6.42. The van der Waals surface area contributed by atoms with Gasteiger partial charge in [-0.05, 0) is 37.8 Å². The van der Waals surface area contributed by atoms with Crippen molar-refractivity contribution in [2.24, 2.45) is 10.3 Å². The smallest absolute Gasteiger partial charge is 0.286 e. The summed E-state index contributed by atoms with van der Waals surface area (Å²) in [6, 6.07) is 6.76. The molecule has 1 amide bonds. The number of para-hydroxylation sites is 1. The topological polar surface area (TPSA) is 88.1 Å². The molecule has 1 aromatic carbocycles. The zero-order chi connectivity index (χ0) is 17.4. The Morgan fingerprint density at radius 3 is 2.88 bits per heavy atom. The predicted molar refractivity (Wildman–Crippen MR) is 93.0 cm³/mol. The van der Waals surface area contributed by atoms with Crippen molar-refractivity contribution < 1.29 is 17.9 Å². The molecule has 0 unspecified atom stereocenters. The molecule has 1 N–H and O–H groups in total. The number of carbonyl (C=O) groups is 1. The number of amides is 1. The SMILES string of the molecule is O=C([C@@H]1CCCO1)N1CCC[C@H](C2=NS(=O)(=O)c3ccccc3N2)C1. The zero-order valence-corrected chi connectivity index (χ0v) is 14.7. The quantitative estimate of drug-likeness (QED) is 0.863. The lowest BCUT2D eigenvalue weighted by atomic mass is 9.96. The summed E-state index contributed by atoms with van der Waals surface area (Å²) in [5.74, 6) is 0.340. The van der Waals surface area contributed by atoms with Gasteiger partial charge in [0.25, 0.3) is 15.9 Å². The van der Waals surface area contributed by atoms with Gasteiger partial charge in [0, 0.05) is 25.6 Å². The third-order valence-corrected chi connectivity index (χ3v) is 6.32. The summed E-state index contributed by atoms with van der Waals surface area (Å²) in [7, 11) is -3.70.